The van der Waals surface area contributed by atoms with Gasteiger partial charge in [0.1, 0.15) is 0 Å². The topological polar surface area (TPSA) is 101 Å². The number of hydrogen-bond acceptors (Lipinski definition) is 4. The van der Waals surface area contributed by atoms with Crippen LogP contribution >= 0.6 is 0 Å². The molecule has 94 valence electrons. The van der Waals surface area contributed by atoms with Crippen LogP contribution in [0.25, 0.3) is 0 Å². The summed E-state index contributed by atoms with van der Waals surface area (Å²) in [6.45, 7) is 4.45. The van der Waals surface area contributed by atoms with Gasteiger partial charge in [-0.2, -0.15) is 0 Å². The Morgan fingerprint density at radius 1 is 1.56 bits per heavy atom. The molecule has 1 fully saturated rings. The Balaban J connectivity index is 2.57. The lowest BCUT2D eigenvalue weighted by Crippen LogP contribution is -2.45. The summed E-state index contributed by atoms with van der Waals surface area (Å²) in [4.78, 5) is 11.0. The van der Waals surface area contributed by atoms with Crippen molar-refractivity contribution < 1.29 is 13.2 Å². The van der Waals surface area contributed by atoms with E-state index in [0.717, 1.165) is 0 Å². The zero-order valence-electron chi connectivity index (χ0n) is 9.62. The fraction of sp³-hybridized carbons (Fsp3) is 0.889. The average Bonchev–Trinajstić information content (AvgIpc) is 2.68. The van der Waals surface area contributed by atoms with E-state index in [0.29, 0.717) is 19.5 Å². The van der Waals surface area contributed by atoms with Gasteiger partial charge in [-0.25, -0.2) is 13.1 Å². The number of hydrogen-bond donors (Lipinski definition) is 3. The second-order valence-electron chi connectivity index (χ2n) is 4.73. The normalized spacial score (nSPS) is 22.2. The molecular weight excluding hydrogens is 230 g/mol. The quantitative estimate of drug-likeness (QED) is 0.568. The van der Waals surface area contributed by atoms with Crippen molar-refractivity contribution in [2.75, 3.05) is 19.6 Å². The molecule has 0 aromatic carbocycles. The zero-order valence-corrected chi connectivity index (χ0v) is 10.4. The van der Waals surface area contributed by atoms with Gasteiger partial charge in [-0.05, 0) is 26.8 Å². The van der Waals surface area contributed by atoms with Crippen LogP contribution in [-0.4, -0.2) is 39.2 Å². The Hall–Kier alpha value is -0.660. The van der Waals surface area contributed by atoms with Crippen molar-refractivity contribution in [1.82, 2.24) is 10.0 Å². The summed E-state index contributed by atoms with van der Waals surface area (Å²) in [7, 11) is -3.35. The van der Waals surface area contributed by atoms with Gasteiger partial charge in [0.25, 0.3) is 0 Å². The molecule has 1 saturated heterocycles. The van der Waals surface area contributed by atoms with Gasteiger partial charge in [0, 0.05) is 13.1 Å². The highest BCUT2D eigenvalue weighted by Crippen LogP contribution is 2.14. The number of amides is 1. The number of carbonyl (C=O) groups excluding carboxylic acids is 1. The molecule has 1 unspecified atom stereocenters. The van der Waals surface area contributed by atoms with E-state index >= 15 is 0 Å². The summed E-state index contributed by atoms with van der Waals surface area (Å²) in [5.74, 6) is -0.514. The molecule has 0 saturated carbocycles. The van der Waals surface area contributed by atoms with Gasteiger partial charge in [0.2, 0.25) is 15.9 Å². The molecule has 1 amide bonds. The highest BCUT2D eigenvalue weighted by molar-refractivity contribution is 7.90. The van der Waals surface area contributed by atoms with Crippen LogP contribution in [0.1, 0.15) is 20.3 Å². The number of rotatable bonds is 5. The maximum atomic E-state index is 11.8. The van der Waals surface area contributed by atoms with Gasteiger partial charge in [0.15, 0.2) is 0 Å². The predicted octanol–water partition coefficient (Wildman–Crippen LogP) is -1.22. The van der Waals surface area contributed by atoms with Crippen molar-refractivity contribution in [3.8, 4) is 0 Å². The Morgan fingerprint density at radius 3 is 2.62 bits per heavy atom. The predicted molar refractivity (Wildman–Crippen MR) is 61.2 cm³/mol. The van der Waals surface area contributed by atoms with E-state index in [1.165, 1.54) is 0 Å². The molecule has 0 spiro atoms. The van der Waals surface area contributed by atoms with Crippen LogP contribution in [-0.2, 0) is 14.8 Å². The molecule has 0 aliphatic carbocycles. The maximum absolute atomic E-state index is 11.8. The van der Waals surface area contributed by atoms with Crippen LogP contribution in [0.5, 0.6) is 0 Å². The van der Waals surface area contributed by atoms with E-state index in [1.807, 2.05) is 0 Å². The van der Waals surface area contributed by atoms with E-state index in [4.69, 9.17) is 5.73 Å². The van der Waals surface area contributed by atoms with Gasteiger partial charge in [-0.15, -0.1) is 0 Å². The van der Waals surface area contributed by atoms with Crippen molar-refractivity contribution in [3.05, 3.63) is 0 Å². The zero-order chi connectivity index (χ0) is 12.4. The lowest BCUT2D eigenvalue weighted by Gasteiger charge is -2.22. The molecule has 1 rings (SSSR count). The molecule has 1 heterocycles. The van der Waals surface area contributed by atoms with Crippen molar-refractivity contribution in [3.63, 3.8) is 0 Å². The highest BCUT2D eigenvalue weighted by Gasteiger charge is 2.32. The molecule has 0 bridgehead atoms. The third kappa shape index (κ3) is 3.16. The summed E-state index contributed by atoms with van der Waals surface area (Å²) in [6, 6.07) is 0. The van der Waals surface area contributed by atoms with E-state index in [2.05, 4.69) is 10.0 Å². The van der Waals surface area contributed by atoms with Crippen molar-refractivity contribution in [2.24, 2.45) is 11.1 Å². The summed E-state index contributed by atoms with van der Waals surface area (Å²) < 4.78 is 26.1. The molecule has 0 radical (unpaired) electrons. The summed E-state index contributed by atoms with van der Waals surface area (Å²) in [6.07, 6.45) is 0.604. The molecule has 4 N–H and O–H groups in total. The largest absolute Gasteiger partial charge is 0.369 e. The van der Waals surface area contributed by atoms with Crippen molar-refractivity contribution in [2.45, 2.75) is 25.5 Å². The fourth-order valence-corrected chi connectivity index (χ4v) is 2.94. The minimum Gasteiger partial charge on any atom is -0.369 e. The fourth-order valence-electron chi connectivity index (χ4n) is 1.38. The smallest absolute Gasteiger partial charge is 0.224 e. The van der Waals surface area contributed by atoms with Gasteiger partial charge in [-0.3, -0.25) is 4.79 Å². The van der Waals surface area contributed by atoms with Crippen molar-refractivity contribution >= 4 is 15.9 Å². The van der Waals surface area contributed by atoms with Crippen LogP contribution in [0, 0.1) is 5.41 Å². The molecule has 1 aliphatic heterocycles. The molecule has 1 atom stereocenters. The first kappa shape index (κ1) is 13.4. The highest BCUT2D eigenvalue weighted by atomic mass is 32.2. The SMILES string of the molecule is CC(C)(CNS(=O)(=O)C1CCNC1)C(N)=O. The number of sulfonamides is 1. The summed E-state index contributed by atoms with van der Waals surface area (Å²) >= 11 is 0. The van der Waals surface area contributed by atoms with Crippen LogP contribution < -0.4 is 15.8 Å². The average molecular weight is 249 g/mol. The van der Waals surface area contributed by atoms with Crippen molar-refractivity contribution in [1.29, 1.82) is 0 Å². The number of primary amides is 1. The molecule has 7 heteroatoms. The molecule has 0 aromatic rings. The molecule has 6 nitrogen and oxygen atoms in total. The summed E-state index contributed by atoms with van der Waals surface area (Å²) in [5.41, 5.74) is 4.30. The van der Waals surface area contributed by atoms with Crippen LogP contribution in [0.2, 0.25) is 0 Å². The first-order valence-electron chi connectivity index (χ1n) is 5.25. The van der Waals surface area contributed by atoms with E-state index in [9.17, 15) is 13.2 Å². The van der Waals surface area contributed by atoms with Gasteiger partial charge < -0.3 is 11.1 Å². The second-order valence-corrected chi connectivity index (χ2v) is 6.77. The number of carbonyl (C=O) groups is 1. The minimum absolute atomic E-state index is 0.0428. The monoisotopic (exact) mass is 249 g/mol. The third-order valence-electron chi connectivity index (χ3n) is 2.84. The summed E-state index contributed by atoms with van der Waals surface area (Å²) in [5, 5.41) is 2.58. The van der Waals surface area contributed by atoms with Gasteiger partial charge >= 0.3 is 0 Å². The molecule has 16 heavy (non-hydrogen) atoms. The van der Waals surface area contributed by atoms with E-state index in [-0.39, 0.29) is 6.54 Å². The van der Waals surface area contributed by atoms with Crippen LogP contribution in [0.3, 0.4) is 0 Å². The van der Waals surface area contributed by atoms with Crippen LogP contribution in [0.15, 0.2) is 0 Å². The minimum atomic E-state index is -3.35. The van der Waals surface area contributed by atoms with E-state index in [1.54, 1.807) is 13.8 Å². The van der Waals surface area contributed by atoms with Crippen LogP contribution in [0.4, 0.5) is 0 Å². The number of nitrogens with one attached hydrogen (secondary N) is 2. The van der Waals surface area contributed by atoms with E-state index < -0.39 is 26.6 Å². The maximum Gasteiger partial charge on any atom is 0.224 e. The Labute approximate surface area is 96.0 Å². The molecule has 0 aromatic heterocycles. The Kier molecular flexibility index (Phi) is 3.92. The number of nitrogens with two attached hydrogens (primary N) is 1. The van der Waals surface area contributed by atoms with Gasteiger partial charge in [-0.1, -0.05) is 0 Å². The standard InChI is InChI=1S/C9H19N3O3S/c1-9(2,8(10)13)6-12-16(14,15)7-3-4-11-5-7/h7,11-12H,3-6H2,1-2H3,(H2,10,13). The first-order valence-corrected chi connectivity index (χ1v) is 6.79. The lowest BCUT2D eigenvalue weighted by molar-refractivity contribution is -0.125. The lowest BCUT2D eigenvalue weighted by atomic mass is 9.93. The molecular formula is C9H19N3O3S. The first-order chi connectivity index (χ1) is 7.26. The Morgan fingerprint density at radius 2 is 2.19 bits per heavy atom. The Bertz CT molecular complexity index is 358. The third-order valence-corrected chi connectivity index (χ3v) is 4.66. The second kappa shape index (κ2) is 4.68. The van der Waals surface area contributed by atoms with Gasteiger partial charge in [0.05, 0.1) is 10.7 Å². The molecule has 1 aliphatic rings.